The molecule has 0 aliphatic carbocycles. The van der Waals surface area contributed by atoms with E-state index in [4.69, 9.17) is 9.47 Å². The van der Waals surface area contributed by atoms with Gasteiger partial charge in [-0.2, -0.15) is 5.01 Å². The van der Waals surface area contributed by atoms with E-state index in [1.807, 2.05) is 25.1 Å². The van der Waals surface area contributed by atoms with E-state index in [1.165, 1.54) is 0 Å². The molecule has 130 valence electrons. The lowest BCUT2D eigenvalue weighted by molar-refractivity contribution is -0.203. The van der Waals surface area contributed by atoms with Gasteiger partial charge in [-0.05, 0) is 32.8 Å². The van der Waals surface area contributed by atoms with Crippen molar-refractivity contribution in [3.8, 4) is 0 Å². The molecule has 1 fully saturated rings. The number of nitrogens with zero attached hydrogens (tertiary/aromatic N) is 2. The van der Waals surface area contributed by atoms with Gasteiger partial charge in [0, 0.05) is 0 Å². The van der Waals surface area contributed by atoms with Gasteiger partial charge in [-0.25, -0.2) is 9.59 Å². The van der Waals surface area contributed by atoms with Gasteiger partial charge < -0.3 is 9.47 Å². The average Bonchev–Trinajstić information content (AvgIpc) is 2.53. The smallest absolute Gasteiger partial charge is 0.436 e. The van der Waals surface area contributed by atoms with Crippen LogP contribution in [-0.2, 0) is 19.8 Å². The zero-order valence-corrected chi connectivity index (χ0v) is 14.4. The average molecular weight is 334 g/mol. The van der Waals surface area contributed by atoms with Crippen LogP contribution in [0.5, 0.6) is 0 Å². The van der Waals surface area contributed by atoms with Crippen LogP contribution in [-0.4, -0.2) is 41.3 Å². The lowest BCUT2D eigenvalue weighted by Gasteiger charge is -2.54. The Morgan fingerprint density at radius 1 is 1.08 bits per heavy atom. The predicted octanol–water partition coefficient (Wildman–Crippen LogP) is 2.97. The maximum absolute atomic E-state index is 12.8. The van der Waals surface area contributed by atoms with Crippen molar-refractivity contribution in [2.45, 2.75) is 39.7 Å². The van der Waals surface area contributed by atoms with Crippen LogP contribution in [0.25, 0.3) is 0 Å². The van der Waals surface area contributed by atoms with E-state index in [0.717, 1.165) is 10.6 Å². The molecule has 0 N–H and O–H groups in total. The number of aryl methyl sites for hydroxylation is 1. The highest BCUT2D eigenvalue weighted by Crippen LogP contribution is 2.44. The summed E-state index contributed by atoms with van der Waals surface area (Å²) in [7, 11) is 0. The molecule has 7 nitrogen and oxygen atoms in total. The molecule has 1 atom stereocenters. The number of hydrogen-bond donors (Lipinski definition) is 0. The molecule has 1 saturated heterocycles. The second-order valence-electron chi connectivity index (χ2n) is 5.41. The van der Waals surface area contributed by atoms with Crippen molar-refractivity contribution in [3.63, 3.8) is 0 Å². The number of amides is 3. The van der Waals surface area contributed by atoms with Gasteiger partial charge in [0.1, 0.15) is 0 Å². The first kappa shape index (κ1) is 17.8. The highest BCUT2D eigenvalue weighted by atomic mass is 16.6. The Bertz CT molecular complexity index is 660. The number of carbonyl (C=O) groups is 3. The normalized spacial score (nSPS) is 19.8. The van der Waals surface area contributed by atoms with Crippen molar-refractivity contribution in [1.82, 2.24) is 10.0 Å². The molecule has 1 aliphatic rings. The number of ether oxygens (including phenoxy) is 2. The summed E-state index contributed by atoms with van der Waals surface area (Å²) in [6, 6.07) is 7.30. The Labute approximate surface area is 141 Å². The van der Waals surface area contributed by atoms with E-state index in [-0.39, 0.29) is 13.2 Å². The second-order valence-corrected chi connectivity index (χ2v) is 5.41. The van der Waals surface area contributed by atoms with Crippen LogP contribution >= 0.6 is 0 Å². The largest absolute Gasteiger partial charge is 0.448 e. The third-order valence-corrected chi connectivity index (χ3v) is 4.00. The summed E-state index contributed by atoms with van der Waals surface area (Å²) >= 11 is 0. The first-order valence-electron chi connectivity index (χ1n) is 7.99. The molecule has 1 heterocycles. The summed E-state index contributed by atoms with van der Waals surface area (Å²) in [6.45, 7) is 7.21. The number of hydrogen-bond acceptors (Lipinski definition) is 5. The Hall–Kier alpha value is -2.57. The Balaban J connectivity index is 2.50. The SMILES string of the molecule is CCOC(=O)N1C(=O)[C@@](CC)(c2cccc(C)c2)N1C(=O)OCC. The Kier molecular flexibility index (Phi) is 5.11. The maximum atomic E-state index is 12.8. The number of imide groups is 1. The lowest BCUT2D eigenvalue weighted by atomic mass is 9.81. The van der Waals surface area contributed by atoms with Crippen LogP contribution in [0.15, 0.2) is 24.3 Å². The van der Waals surface area contributed by atoms with Crippen molar-refractivity contribution >= 4 is 18.1 Å². The van der Waals surface area contributed by atoms with E-state index in [2.05, 4.69) is 0 Å². The van der Waals surface area contributed by atoms with Crippen LogP contribution < -0.4 is 0 Å². The van der Waals surface area contributed by atoms with Gasteiger partial charge in [0.25, 0.3) is 5.91 Å². The summed E-state index contributed by atoms with van der Waals surface area (Å²) in [5.41, 5.74) is 0.334. The van der Waals surface area contributed by atoms with Gasteiger partial charge in [-0.3, -0.25) is 4.79 Å². The number of rotatable bonds is 4. The topological polar surface area (TPSA) is 76.2 Å². The predicted molar refractivity (Wildman–Crippen MR) is 85.9 cm³/mol. The van der Waals surface area contributed by atoms with Crippen molar-refractivity contribution in [2.24, 2.45) is 0 Å². The molecule has 24 heavy (non-hydrogen) atoms. The highest BCUT2D eigenvalue weighted by Gasteiger charge is 2.65. The van der Waals surface area contributed by atoms with E-state index in [1.54, 1.807) is 26.8 Å². The molecule has 1 aliphatic heterocycles. The van der Waals surface area contributed by atoms with E-state index in [0.29, 0.717) is 17.0 Å². The van der Waals surface area contributed by atoms with Gasteiger partial charge in [0.05, 0.1) is 13.2 Å². The molecule has 3 amide bonds. The third kappa shape index (κ3) is 2.60. The van der Waals surface area contributed by atoms with Crippen molar-refractivity contribution < 1.29 is 23.9 Å². The molecule has 7 heteroatoms. The minimum absolute atomic E-state index is 0.100. The molecule has 1 aromatic rings. The maximum Gasteiger partial charge on any atom is 0.436 e. The van der Waals surface area contributed by atoms with Gasteiger partial charge in [0.2, 0.25) is 0 Å². The summed E-state index contributed by atoms with van der Waals surface area (Å²) in [4.78, 5) is 37.4. The Morgan fingerprint density at radius 3 is 2.25 bits per heavy atom. The summed E-state index contributed by atoms with van der Waals surface area (Å²) < 4.78 is 9.94. The fourth-order valence-corrected chi connectivity index (χ4v) is 2.91. The molecule has 0 unspecified atom stereocenters. The van der Waals surface area contributed by atoms with Crippen LogP contribution in [0, 0.1) is 6.92 Å². The molecule has 0 aromatic heterocycles. The fourth-order valence-electron chi connectivity index (χ4n) is 2.91. The van der Waals surface area contributed by atoms with Crippen LogP contribution in [0.1, 0.15) is 38.3 Å². The van der Waals surface area contributed by atoms with E-state index < -0.39 is 23.6 Å². The first-order chi connectivity index (χ1) is 11.4. The lowest BCUT2D eigenvalue weighted by Crippen LogP contribution is -2.77. The second kappa shape index (κ2) is 6.90. The zero-order chi connectivity index (χ0) is 17.9. The quantitative estimate of drug-likeness (QED) is 0.846. The number of carbonyl (C=O) groups excluding carboxylic acids is 3. The van der Waals surface area contributed by atoms with Crippen molar-refractivity contribution in [1.29, 1.82) is 0 Å². The molecule has 2 rings (SSSR count). The number of hydrazine groups is 1. The van der Waals surface area contributed by atoms with Crippen molar-refractivity contribution in [3.05, 3.63) is 35.4 Å². The summed E-state index contributed by atoms with van der Waals surface area (Å²) in [5, 5.41) is 1.78. The third-order valence-electron chi connectivity index (χ3n) is 4.00. The van der Waals surface area contributed by atoms with E-state index >= 15 is 0 Å². The Morgan fingerprint density at radius 2 is 1.71 bits per heavy atom. The molecule has 1 aromatic carbocycles. The van der Waals surface area contributed by atoms with Gasteiger partial charge >= 0.3 is 12.2 Å². The van der Waals surface area contributed by atoms with Crippen LogP contribution in [0.2, 0.25) is 0 Å². The van der Waals surface area contributed by atoms with Crippen LogP contribution in [0.4, 0.5) is 9.59 Å². The number of benzene rings is 1. The fraction of sp³-hybridized carbons (Fsp3) is 0.471. The van der Waals surface area contributed by atoms with E-state index in [9.17, 15) is 14.4 Å². The van der Waals surface area contributed by atoms with Gasteiger partial charge in [-0.1, -0.05) is 36.8 Å². The highest BCUT2D eigenvalue weighted by molar-refractivity contribution is 6.06. The summed E-state index contributed by atoms with van der Waals surface area (Å²) in [6.07, 6.45) is -1.33. The molecule has 0 saturated carbocycles. The summed E-state index contributed by atoms with van der Waals surface area (Å²) in [5.74, 6) is -0.498. The van der Waals surface area contributed by atoms with Crippen LogP contribution in [0.3, 0.4) is 0 Å². The standard InChI is InChI=1S/C17H22N2O5/c1-5-17(13-10-8-9-12(4)11-13)14(20)18(15(21)23-6-2)19(17)16(22)24-7-3/h8-11H,5-7H2,1-4H3/t17-/m1/s1. The minimum atomic E-state index is -1.26. The zero-order valence-electron chi connectivity index (χ0n) is 14.4. The molecular weight excluding hydrogens is 312 g/mol. The van der Waals surface area contributed by atoms with Gasteiger partial charge in [-0.15, -0.1) is 5.01 Å². The first-order valence-corrected chi connectivity index (χ1v) is 7.99. The van der Waals surface area contributed by atoms with Crippen molar-refractivity contribution in [2.75, 3.05) is 13.2 Å². The molecule has 0 radical (unpaired) electrons. The molecule has 0 spiro atoms. The minimum Gasteiger partial charge on any atom is -0.448 e. The monoisotopic (exact) mass is 334 g/mol. The molecular formula is C17H22N2O5. The van der Waals surface area contributed by atoms with Gasteiger partial charge in [0.15, 0.2) is 5.54 Å². The molecule has 0 bridgehead atoms.